The van der Waals surface area contributed by atoms with E-state index in [2.05, 4.69) is 19.8 Å². The van der Waals surface area contributed by atoms with Crippen molar-refractivity contribution in [3.63, 3.8) is 0 Å². The summed E-state index contributed by atoms with van der Waals surface area (Å²) >= 11 is 0. The van der Waals surface area contributed by atoms with Crippen LogP contribution in [0.3, 0.4) is 0 Å². The van der Waals surface area contributed by atoms with Gasteiger partial charge in [0.1, 0.15) is 5.82 Å². The fourth-order valence-electron chi connectivity index (χ4n) is 1.29. The molecule has 0 radical (unpaired) electrons. The van der Waals surface area contributed by atoms with Gasteiger partial charge in [-0.3, -0.25) is 9.40 Å². The molecule has 2 rings (SSSR count). The molecule has 16 heavy (non-hydrogen) atoms. The number of nitrogens with zero attached hydrogens (tertiary/aromatic N) is 3. The van der Waals surface area contributed by atoms with Gasteiger partial charge < -0.3 is 4.98 Å². The monoisotopic (exact) mass is 241 g/mol. The molecule has 0 aliphatic rings. The van der Waals surface area contributed by atoms with Crippen molar-refractivity contribution in [2.45, 2.75) is 11.9 Å². The molecule has 2 aromatic rings. The first-order chi connectivity index (χ1) is 7.49. The van der Waals surface area contributed by atoms with Crippen LogP contribution in [0.2, 0.25) is 0 Å². The van der Waals surface area contributed by atoms with Gasteiger partial charge in [0.25, 0.3) is 10.0 Å². The van der Waals surface area contributed by atoms with E-state index >= 15 is 0 Å². The SMILES string of the molecule is Cc1cc(NS(=O)(=O)c2cnc[nH]2)n(C)n1. The Bertz CT molecular complexity index is 584. The van der Waals surface area contributed by atoms with Crippen molar-refractivity contribution in [2.75, 3.05) is 4.72 Å². The van der Waals surface area contributed by atoms with Gasteiger partial charge in [0.05, 0.1) is 18.2 Å². The zero-order valence-corrected chi connectivity index (χ0v) is 9.61. The van der Waals surface area contributed by atoms with E-state index in [0.29, 0.717) is 5.82 Å². The van der Waals surface area contributed by atoms with E-state index in [1.165, 1.54) is 17.2 Å². The second-order valence-electron chi connectivity index (χ2n) is 3.32. The Morgan fingerprint density at radius 3 is 2.75 bits per heavy atom. The molecule has 0 unspecified atom stereocenters. The minimum atomic E-state index is -3.61. The number of hydrogen-bond donors (Lipinski definition) is 2. The van der Waals surface area contributed by atoms with Crippen molar-refractivity contribution in [1.29, 1.82) is 0 Å². The second kappa shape index (κ2) is 3.63. The summed E-state index contributed by atoms with van der Waals surface area (Å²) in [6.45, 7) is 1.79. The van der Waals surface area contributed by atoms with Gasteiger partial charge in [-0.2, -0.15) is 13.5 Å². The van der Waals surface area contributed by atoms with Gasteiger partial charge in [0.15, 0.2) is 5.03 Å². The fraction of sp³-hybridized carbons (Fsp3) is 0.250. The molecule has 8 heteroatoms. The molecule has 0 aliphatic carbocycles. The molecule has 0 spiro atoms. The van der Waals surface area contributed by atoms with Gasteiger partial charge >= 0.3 is 0 Å². The van der Waals surface area contributed by atoms with Crippen molar-refractivity contribution in [2.24, 2.45) is 7.05 Å². The molecule has 0 amide bonds. The summed E-state index contributed by atoms with van der Waals surface area (Å²) in [7, 11) is -1.94. The topological polar surface area (TPSA) is 92.7 Å². The van der Waals surface area contributed by atoms with Gasteiger partial charge in [-0.15, -0.1) is 0 Å². The lowest BCUT2D eigenvalue weighted by atomic mass is 10.5. The van der Waals surface area contributed by atoms with Gasteiger partial charge in [-0.25, -0.2) is 4.98 Å². The largest absolute Gasteiger partial charge is 0.334 e. The summed E-state index contributed by atoms with van der Waals surface area (Å²) in [5.41, 5.74) is 0.741. The Balaban J connectivity index is 2.32. The Labute approximate surface area is 92.6 Å². The highest BCUT2D eigenvalue weighted by molar-refractivity contribution is 7.92. The van der Waals surface area contributed by atoms with Crippen LogP contribution in [0.5, 0.6) is 0 Å². The molecule has 7 nitrogen and oxygen atoms in total. The highest BCUT2D eigenvalue weighted by atomic mass is 32.2. The molecule has 2 heterocycles. The van der Waals surface area contributed by atoms with Crippen LogP contribution in [0.1, 0.15) is 5.69 Å². The lowest BCUT2D eigenvalue weighted by Gasteiger charge is -2.05. The molecule has 0 fully saturated rings. The normalized spacial score (nSPS) is 11.6. The van der Waals surface area contributed by atoms with Crippen LogP contribution in [0.25, 0.3) is 0 Å². The summed E-state index contributed by atoms with van der Waals surface area (Å²) in [6.07, 6.45) is 2.55. The van der Waals surface area contributed by atoms with Crippen LogP contribution in [-0.4, -0.2) is 28.2 Å². The van der Waals surface area contributed by atoms with E-state index < -0.39 is 10.0 Å². The summed E-state index contributed by atoms with van der Waals surface area (Å²) in [5, 5.41) is 4.06. The van der Waals surface area contributed by atoms with Crippen molar-refractivity contribution in [1.82, 2.24) is 19.7 Å². The predicted octanol–water partition coefficient (Wildman–Crippen LogP) is 0.252. The first kappa shape index (κ1) is 10.7. The van der Waals surface area contributed by atoms with E-state index in [1.807, 2.05) is 0 Å². The number of hydrogen-bond acceptors (Lipinski definition) is 4. The standard InChI is InChI=1S/C8H11N5O2S/c1-6-3-7(13(2)11-6)12-16(14,15)8-4-9-5-10-8/h3-5,12H,1-2H3,(H,9,10). The molecule has 86 valence electrons. The van der Waals surface area contributed by atoms with Crippen LogP contribution in [0.15, 0.2) is 23.6 Å². The third-order valence-electron chi connectivity index (χ3n) is 2.00. The number of sulfonamides is 1. The summed E-state index contributed by atoms with van der Waals surface area (Å²) in [5.74, 6) is 0.409. The predicted molar refractivity (Wildman–Crippen MR) is 57.3 cm³/mol. The van der Waals surface area contributed by atoms with Gasteiger partial charge in [-0.05, 0) is 6.92 Å². The minimum Gasteiger partial charge on any atom is -0.334 e. The van der Waals surface area contributed by atoms with Gasteiger partial charge in [0, 0.05) is 13.1 Å². The van der Waals surface area contributed by atoms with Crippen LogP contribution in [0, 0.1) is 6.92 Å². The van der Waals surface area contributed by atoms with E-state index in [-0.39, 0.29) is 5.03 Å². The molecule has 0 bridgehead atoms. The number of H-pyrrole nitrogens is 1. The zero-order valence-electron chi connectivity index (χ0n) is 8.80. The smallest absolute Gasteiger partial charge is 0.280 e. The third kappa shape index (κ3) is 1.91. The lowest BCUT2D eigenvalue weighted by molar-refractivity contribution is 0.597. The molecule has 0 saturated heterocycles. The van der Waals surface area contributed by atoms with E-state index in [9.17, 15) is 8.42 Å². The first-order valence-electron chi connectivity index (χ1n) is 4.51. The van der Waals surface area contributed by atoms with Crippen molar-refractivity contribution < 1.29 is 8.42 Å². The highest BCUT2D eigenvalue weighted by Gasteiger charge is 2.17. The van der Waals surface area contributed by atoms with Crippen LogP contribution in [0.4, 0.5) is 5.82 Å². The summed E-state index contributed by atoms with van der Waals surface area (Å²) in [4.78, 5) is 6.19. The van der Waals surface area contributed by atoms with E-state index in [0.717, 1.165) is 5.69 Å². The molecule has 2 aromatic heterocycles. The molecular weight excluding hydrogens is 230 g/mol. The molecule has 2 N–H and O–H groups in total. The number of imidazole rings is 1. The minimum absolute atomic E-state index is 0.0198. The fourth-order valence-corrected chi connectivity index (χ4v) is 2.27. The maximum absolute atomic E-state index is 11.8. The number of aromatic nitrogens is 4. The van der Waals surface area contributed by atoms with Crippen LogP contribution >= 0.6 is 0 Å². The Hall–Kier alpha value is -1.83. The van der Waals surface area contributed by atoms with E-state index in [1.54, 1.807) is 20.0 Å². The second-order valence-corrected chi connectivity index (χ2v) is 4.97. The Morgan fingerprint density at radius 1 is 1.50 bits per heavy atom. The first-order valence-corrected chi connectivity index (χ1v) is 5.99. The Morgan fingerprint density at radius 2 is 2.25 bits per heavy atom. The van der Waals surface area contributed by atoms with Gasteiger partial charge in [0.2, 0.25) is 0 Å². The average molecular weight is 241 g/mol. The Kier molecular flexibility index (Phi) is 2.43. The molecule has 0 saturated carbocycles. The maximum atomic E-state index is 11.8. The number of nitrogens with one attached hydrogen (secondary N) is 2. The third-order valence-corrected chi connectivity index (χ3v) is 3.28. The van der Waals surface area contributed by atoms with Crippen LogP contribution in [-0.2, 0) is 17.1 Å². The van der Waals surface area contributed by atoms with Crippen molar-refractivity contribution in [3.8, 4) is 0 Å². The molecule has 0 aromatic carbocycles. The van der Waals surface area contributed by atoms with E-state index in [4.69, 9.17) is 0 Å². The lowest BCUT2D eigenvalue weighted by Crippen LogP contribution is -2.15. The highest BCUT2D eigenvalue weighted by Crippen LogP contribution is 2.13. The van der Waals surface area contributed by atoms with Gasteiger partial charge in [-0.1, -0.05) is 0 Å². The van der Waals surface area contributed by atoms with Crippen molar-refractivity contribution in [3.05, 3.63) is 24.3 Å². The summed E-state index contributed by atoms with van der Waals surface area (Å²) < 4.78 is 27.5. The zero-order chi connectivity index (χ0) is 11.8. The number of aryl methyl sites for hydroxylation is 2. The van der Waals surface area contributed by atoms with Crippen molar-refractivity contribution >= 4 is 15.8 Å². The number of aromatic amines is 1. The maximum Gasteiger partial charge on any atom is 0.280 e. The molecule has 0 atom stereocenters. The number of anilines is 1. The molecular formula is C8H11N5O2S. The summed E-state index contributed by atoms with van der Waals surface area (Å²) in [6, 6.07) is 1.65. The quantitative estimate of drug-likeness (QED) is 0.805. The van der Waals surface area contributed by atoms with Crippen LogP contribution < -0.4 is 4.72 Å². The molecule has 0 aliphatic heterocycles. The average Bonchev–Trinajstić information content (AvgIpc) is 2.76. The number of rotatable bonds is 3.